The Balaban J connectivity index is 2.63. The largest absolute Gasteiger partial charge is 0.313 e. The zero-order valence-electron chi connectivity index (χ0n) is 9.13. The summed E-state index contributed by atoms with van der Waals surface area (Å²) in [5.74, 6) is 0. The summed E-state index contributed by atoms with van der Waals surface area (Å²) in [5, 5.41) is 4.48. The summed E-state index contributed by atoms with van der Waals surface area (Å²) in [5.41, 5.74) is 1.44. The molecule has 0 amide bonds. The van der Waals surface area contributed by atoms with Crippen LogP contribution in [0.5, 0.6) is 0 Å². The number of aromatic nitrogens is 1. The Hall–Kier alpha value is -0.670. The van der Waals surface area contributed by atoms with Crippen LogP contribution in [-0.2, 0) is 0 Å². The molecular formula is C11H18N2S. The van der Waals surface area contributed by atoms with Gasteiger partial charge in [-0.2, -0.15) is 0 Å². The van der Waals surface area contributed by atoms with Crippen LogP contribution >= 0.6 is 11.3 Å². The minimum atomic E-state index is 0.990. The summed E-state index contributed by atoms with van der Waals surface area (Å²) in [7, 11) is 0. The molecule has 1 aromatic heterocycles. The molecule has 0 atom stereocenters. The van der Waals surface area contributed by atoms with E-state index in [9.17, 15) is 0 Å². The van der Waals surface area contributed by atoms with Gasteiger partial charge in [0.2, 0.25) is 0 Å². The van der Waals surface area contributed by atoms with Crippen LogP contribution in [0.4, 0.5) is 0 Å². The highest BCUT2D eigenvalue weighted by Gasteiger charge is 1.97. The molecule has 1 heterocycles. The van der Waals surface area contributed by atoms with Crippen LogP contribution < -0.4 is 5.32 Å². The molecule has 0 aliphatic carbocycles. The van der Waals surface area contributed by atoms with E-state index in [2.05, 4.69) is 30.2 Å². The van der Waals surface area contributed by atoms with Crippen LogP contribution in [0.15, 0.2) is 11.8 Å². The van der Waals surface area contributed by atoms with E-state index < -0.39 is 0 Å². The Kier molecular flexibility index (Phi) is 4.84. The lowest BCUT2D eigenvalue weighted by Crippen LogP contribution is -2.15. The van der Waals surface area contributed by atoms with Crippen LogP contribution in [-0.4, -0.2) is 18.1 Å². The molecule has 0 radical (unpaired) electrons. The molecule has 0 fully saturated rings. The van der Waals surface area contributed by atoms with Crippen LogP contribution in [0.1, 0.15) is 30.2 Å². The molecule has 0 aliphatic heterocycles. The average molecular weight is 210 g/mol. The standard InChI is InChI=1S/C11H18N2S/c1-4-10(7-12-5-2)6-11-8-13-9(3)14-11/h6,8,12H,4-5,7H2,1-3H3. The Morgan fingerprint density at radius 1 is 1.57 bits per heavy atom. The fourth-order valence-electron chi connectivity index (χ4n) is 1.21. The molecule has 2 nitrogen and oxygen atoms in total. The highest BCUT2D eigenvalue weighted by Crippen LogP contribution is 2.16. The van der Waals surface area contributed by atoms with Crippen LogP contribution in [0.2, 0.25) is 0 Å². The number of thiazole rings is 1. The van der Waals surface area contributed by atoms with Gasteiger partial charge in [-0.25, -0.2) is 4.98 Å². The van der Waals surface area contributed by atoms with Crippen molar-refractivity contribution in [2.45, 2.75) is 27.2 Å². The Bertz CT molecular complexity index is 302. The highest BCUT2D eigenvalue weighted by molar-refractivity contribution is 7.12. The van der Waals surface area contributed by atoms with E-state index in [0.29, 0.717) is 0 Å². The van der Waals surface area contributed by atoms with Crippen molar-refractivity contribution < 1.29 is 0 Å². The second-order valence-electron chi connectivity index (χ2n) is 3.22. The van der Waals surface area contributed by atoms with E-state index >= 15 is 0 Å². The maximum atomic E-state index is 4.24. The van der Waals surface area contributed by atoms with Gasteiger partial charge in [0.05, 0.1) is 5.01 Å². The zero-order valence-corrected chi connectivity index (χ0v) is 9.95. The third kappa shape index (κ3) is 3.60. The van der Waals surface area contributed by atoms with Crippen molar-refractivity contribution in [1.29, 1.82) is 0 Å². The molecule has 3 heteroatoms. The molecule has 78 valence electrons. The minimum Gasteiger partial charge on any atom is -0.313 e. The Labute approximate surface area is 90.1 Å². The van der Waals surface area contributed by atoms with Gasteiger partial charge >= 0.3 is 0 Å². The molecule has 1 N–H and O–H groups in total. The molecule has 1 rings (SSSR count). The van der Waals surface area contributed by atoms with E-state index in [1.165, 1.54) is 10.5 Å². The first-order valence-electron chi connectivity index (χ1n) is 5.08. The Morgan fingerprint density at radius 2 is 2.36 bits per heavy atom. The fraction of sp³-hybridized carbons (Fsp3) is 0.545. The van der Waals surface area contributed by atoms with Crippen molar-refractivity contribution in [1.82, 2.24) is 10.3 Å². The first-order valence-corrected chi connectivity index (χ1v) is 5.90. The number of hydrogen-bond donors (Lipinski definition) is 1. The maximum Gasteiger partial charge on any atom is 0.0900 e. The second-order valence-corrected chi connectivity index (χ2v) is 4.48. The van der Waals surface area contributed by atoms with Crippen LogP contribution in [0, 0.1) is 6.92 Å². The van der Waals surface area contributed by atoms with Crippen LogP contribution in [0.25, 0.3) is 6.08 Å². The lowest BCUT2D eigenvalue weighted by Gasteiger charge is -2.03. The van der Waals surface area contributed by atoms with Crippen molar-refractivity contribution >= 4 is 17.4 Å². The molecule has 0 aliphatic rings. The summed E-state index contributed by atoms with van der Waals surface area (Å²) in [6.45, 7) is 8.38. The predicted molar refractivity (Wildman–Crippen MR) is 63.7 cm³/mol. The molecule has 0 unspecified atom stereocenters. The molecule has 1 aromatic rings. The van der Waals surface area contributed by atoms with Crippen molar-refractivity contribution in [2.75, 3.05) is 13.1 Å². The van der Waals surface area contributed by atoms with Gasteiger partial charge in [-0.3, -0.25) is 0 Å². The minimum absolute atomic E-state index is 0.990. The fourth-order valence-corrected chi connectivity index (χ4v) is 1.99. The molecular weight excluding hydrogens is 192 g/mol. The van der Waals surface area contributed by atoms with Gasteiger partial charge < -0.3 is 5.32 Å². The van der Waals surface area contributed by atoms with Gasteiger partial charge in [0.15, 0.2) is 0 Å². The Morgan fingerprint density at radius 3 is 2.86 bits per heavy atom. The SMILES string of the molecule is CCNCC(=Cc1cnc(C)s1)CC. The average Bonchev–Trinajstić information content (AvgIpc) is 2.58. The lowest BCUT2D eigenvalue weighted by molar-refractivity contribution is 0.762. The van der Waals surface area contributed by atoms with Gasteiger partial charge in [0.1, 0.15) is 0 Å². The third-order valence-corrected chi connectivity index (χ3v) is 2.90. The van der Waals surface area contributed by atoms with Crippen molar-refractivity contribution in [3.63, 3.8) is 0 Å². The summed E-state index contributed by atoms with van der Waals surface area (Å²) >= 11 is 1.75. The number of nitrogens with zero attached hydrogens (tertiary/aromatic N) is 1. The molecule has 14 heavy (non-hydrogen) atoms. The van der Waals surface area contributed by atoms with E-state index in [1.54, 1.807) is 11.3 Å². The monoisotopic (exact) mass is 210 g/mol. The predicted octanol–water partition coefficient (Wildman–Crippen LogP) is 2.85. The maximum absolute atomic E-state index is 4.24. The zero-order chi connectivity index (χ0) is 10.4. The van der Waals surface area contributed by atoms with Crippen molar-refractivity contribution in [3.05, 3.63) is 21.7 Å². The molecule has 0 bridgehead atoms. The normalized spacial score (nSPS) is 12.1. The van der Waals surface area contributed by atoms with Gasteiger partial charge in [-0.1, -0.05) is 19.4 Å². The highest BCUT2D eigenvalue weighted by atomic mass is 32.1. The molecule has 0 spiro atoms. The summed E-state index contributed by atoms with van der Waals surface area (Å²) in [6, 6.07) is 0. The smallest absolute Gasteiger partial charge is 0.0900 e. The van der Waals surface area contributed by atoms with Gasteiger partial charge in [-0.05, 0) is 26.0 Å². The quantitative estimate of drug-likeness (QED) is 0.808. The summed E-state index contributed by atoms with van der Waals surface area (Å²) in [4.78, 5) is 5.50. The summed E-state index contributed by atoms with van der Waals surface area (Å²) in [6.07, 6.45) is 5.29. The second kappa shape index (κ2) is 5.94. The first-order chi connectivity index (χ1) is 6.76. The van der Waals surface area contributed by atoms with Crippen molar-refractivity contribution in [3.8, 4) is 0 Å². The summed E-state index contributed by atoms with van der Waals surface area (Å²) < 4.78 is 0. The van der Waals surface area contributed by atoms with Crippen LogP contribution in [0.3, 0.4) is 0 Å². The van der Waals surface area contributed by atoms with E-state index in [1.807, 2.05) is 13.1 Å². The lowest BCUT2D eigenvalue weighted by atomic mass is 10.2. The number of hydrogen-bond acceptors (Lipinski definition) is 3. The van der Waals surface area contributed by atoms with Gasteiger partial charge in [0, 0.05) is 17.6 Å². The number of likely N-dealkylation sites (N-methyl/N-ethyl adjacent to an activating group) is 1. The van der Waals surface area contributed by atoms with Crippen molar-refractivity contribution in [2.24, 2.45) is 0 Å². The topological polar surface area (TPSA) is 24.9 Å². The molecule has 0 saturated carbocycles. The number of nitrogens with one attached hydrogen (secondary N) is 1. The number of rotatable bonds is 5. The third-order valence-electron chi connectivity index (χ3n) is 2.04. The van der Waals surface area contributed by atoms with E-state index in [0.717, 1.165) is 24.5 Å². The molecule has 0 aromatic carbocycles. The van der Waals surface area contributed by atoms with Gasteiger partial charge in [0.25, 0.3) is 0 Å². The first kappa shape index (κ1) is 11.4. The van der Waals surface area contributed by atoms with Gasteiger partial charge in [-0.15, -0.1) is 11.3 Å². The van der Waals surface area contributed by atoms with E-state index in [4.69, 9.17) is 0 Å². The molecule has 0 saturated heterocycles. The number of aryl methyl sites for hydroxylation is 1. The van der Waals surface area contributed by atoms with E-state index in [-0.39, 0.29) is 0 Å².